The predicted molar refractivity (Wildman–Crippen MR) is 87.9 cm³/mol. The molecule has 23 heavy (non-hydrogen) atoms. The standard InChI is InChI=1S/C16H23NO5S/c1-11(2)22-14-5-4-13(8-15(14)21-3)16(18)17-9-12-6-7-23(19,20)10-12/h4-5,8,11-12H,6-7,9-10H2,1-3H3,(H,17,18)/t12-/m0/s1. The Morgan fingerprint density at radius 1 is 1.35 bits per heavy atom. The number of methoxy groups -OCH3 is 1. The summed E-state index contributed by atoms with van der Waals surface area (Å²) < 4.78 is 33.7. The number of sulfone groups is 1. The van der Waals surface area contributed by atoms with Crippen molar-refractivity contribution >= 4 is 15.7 Å². The van der Waals surface area contributed by atoms with Crippen molar-refractivity contribution in [1.82, 2.24) is 5.32 Å². The van der Waals surface area contributed by atoms with Gasteiger partial charge in [0.05, 0.1) is 24.7 Å². The highest BCUT2D eigenvalue weighted by atomic mass is 32.2. The number of carbonyl (C=O) groups excluding carboxylic acids is 1. The number of hydrogen-bond acceptors (Lipinski definition) is 5. The summed E-state index contributed by atoms with van der Waals surface area (Å²) >= 11 is 0. The van der Waals surface area contributed by atoms with Gasteiger partial charge >= 0.3 is 0 Å². The summed E-state index contributed by atoms with van der Waals surface area (Å²) in [5.74, 6) is 1.19. The Labute approximate surface area is 137 Å². The van der Waals surface area contributed by atoms with Crippen LogP contribution in [0.25, 0.3) is 0 Å². The zero-order valence-corrected chi connectivity index (χ0v) is 14.5. The van der Waals surface area contributed by atoms with Gasteiger partial charge in [-0.1, -0.05) is 0 Å². The molecule has 7 heteroatoms. The molecule has 1 aliphatic rings. The number of amides is 1. The first-order valence-corrected chi connectivity index (χ1v) is 9.46. The summed E-state index contributed by atoms with van der Waals surface area (Å²) in [5, 5.41) is 2.79. The Morgan fingerprint density at radius 3 is 2.65 bits per heavy atom. The van der Waals surface area contributed by atoms with E-state index in [1.165, 1.54) is 7.11 Å². The van der Waals surface area contributed by atoms with Crippen molar-refractivity contribution in [1.29, 1.82) is 0 Å². The minimum Gasteiger partial charge on any atom is -0.493 e. The average molecular weight is 341 g/mol. The smallest absolute Gasteiger partial charge is 0.251 e. The molecule has 1 saturated heterocycles. The molecule has 0 aliphatic carbocycles. The van der Waals surface area contributed by atoms with Crippen LogP contribution < -0.4 is 14.8 Å². The van der Waals surface area contributed by atoms with Crippen molar-refractivity contribution in [3.05, 3.63) is 23.8 Å². The third-order valence-corrected chi connectivity index (χ3v) is 5.50. The summed E-state index contributed by atoms with van der Waals surface area (Å²) in [7, 11) is -1.40. The molecule has 1 aromatic rings. The minimum absolute atomic E-state index is 0.00519. The van der Waals surface area contributed by atoms with Crippen LogP contribution in [-0.2, 0) is 9.84 Å². The number of benzene rings is 1. The van der Waals surface area contributed by atoms with Crippen LogP contribution in [0.4, 0.5) is 0 Å². The lowest BCUT2D eigenvalue weighted by Gasteiger charge is -2.15. The number of nitrogens with one attached hydrogen (secondary N) is 1. The average Bonchev–Trinajstić information content (AvgIpc) is 2.84. The number of carbonyl (C=O) groups is 1. The Balaban J connectivity index is 1.99. The van der Waals surface area contributed by atoms with E-state index in [9.17, 15) is 13.2 Å². The lowest BCUT2D eigenvalue weighted by molar-refractivity contribution is 0.0948. The van der Waals surface area contributed by atoms with Gasteiger partial charge in [0.1, 0.15) is 0 Å². The first-order chi connectivity index (χ1) is 10.8. The van der Waals surface area contributed by atoms with Gasteiger partial charge in [0.15, 0.2) is 21.3 Å². The normalized spacial score (nSPS) is 19.6. The van der Waals surface area contributed by atoms with Crippen LogP contribution >= 0.6 is 0 Å². The molecule has 1 amide bonds. The topological polar surface area (TPSA) is 81.7 Å². The largest absolute Gasteiger partial charge is 0.493 e. The van der Waals surface area contributed by atoms with E-state index in [-0.39, 0.29) is 29.4 Å². The molecule has 0 saturated carbocycles. The summed E-state index contributed by atoms with van der Waals surface area (Å²) in [6.07, 6.45) is 0.612. The second-order valence-corrected chi connectivity index (χ2v) is 8.24. The highest BCUT2D eigenvalue weighted by Crippen LogP contribution is 2.29. The second kappa shape index (κ2) is 7.21. The molecule has 1 aliphatic heterocycles. The summed E-state index contributed by atoms with van der Waals surface area (Å²) in [6, 6.07) is 4.99. The fourth-order valence-corrected chi connectivity index (χ4v) is 4.39. The monoisotopic (exact) mass is 341 g/mol. The molecule has 128 valence electrons. The quantitative estimate of drug-likeness (QED) is 0.851. The summed E-state index contributed by atoms with van der Waals surface area (Å²) in [4.78, 5) is 12.2. The highest BCUT2D eigenvalue weighted by molar-refractivity contribution is 7.91. The fourth-order valence-electron chi connectivity index (χ4n) is 2.53. The molecule has 1 fully saturated rings. The van der Waals surface area contributed by atoms with E-state index in [4.69, 9.17) is 9.47 Å². The molecule has 2 rings (SSSR count). The predicted octanol–water partition coefficient (Wildman–Crippen LogP) is 1.65. The molecule has 1 aromatic carbocycles. The summed E-state index contributed by atoms with van der Waals surface area (Å²) in [6.45, 7) is 4.19. The van der Waals surface area contributed by atoms with Gasteiger partial charge in [-0.2, -0.15) is 0 Å². The summed E-state index contributed by atoms with van der Waals surface area (Å²) in [5.41, 5.74) is 0.457. The number of rotatable bonds is 6. The number of ether oxygens (including phenoxy) is 2. The van der Waals surface area contributed by atoms with Gasteiger partial charge in [-0.25, -0.2) is 8.42 Å². The molecule has 1 N–H and O–H groups in total. The lowest BCUT2D eigenvalue weighted by Crippen LogP contribution is -2.29. The van der Waals surface area contributed by atoms with Crippen molar-refractivity contribution < 1.29 is 22.7 Å². The fraction of sp³-hybridized carbons (Fsp3) is 0.562. The number of hydrogen-bond donors (Lipinski definition) is 1. The van der Waals surface area contributed by atoms with Crippen LogP contribution in [0.5, 0.6) is 11.5 Å². The Kier molecular flexibility index (Phi) is 5.51. The Hall–Kier alpha value is -1.76. The van der Waals surface area contributed by atoms with E-state index in [1.54, 1.807) is 18.2 Å². The molecule has 0 unspecified atom stereocenters. The molecule has 1 atom stereocenters. The SMILES string of the molecule is COc1cc(C(=O)NC[C@@H]2CCS(=O)(=O)C2)ccc1OC(C)C. The van der Waals surface area contributed by atoms with Crippen molar-refractivity contribution in [3.63, 3.8) is 0 Å². The van der Waals surface area contributed by atoms with Crippen molar-refractivity contribution in [2.75, 3.05) is 25.2 Å². The third kappa shape index (κ3) is 4.86. The van der Waals surface area contributed by atoms with Gasteiger partial charge in [-0.15, -0.1) is 0 Å². The van der Waals surface area contributed by atoms with Crippen LogP contribution in [0.15, 0.2) is 18.2 Å². The zero-order chi connectivity index (χ0) is 17.0. The second-order valence-electron chi connectivity index (χ2n) is 6.01. The molecule has 0 aromatic heterocycles. The van der Waals surface area contributed by atoms with E-state index < -0.39 is 9.84 Å². The van der Waals surface area contributed by atoms with E-state index in [2.05, 4.69) is 5.32 Å². The van der Waals surface area contributed by atoms with Crippen LogP contribution in [0.2, 0.25) is 0 Å². The van der Waals surface area contributed by atoms with Crippen LogP contribution in [0, 0.1) is 5.92 Å². The first-order valence-electron chi connectivity index (χ1n) is 7.64. The molecule has 0 spiro atoms. The van der Waals surface area contributed by atoms with Crippen molar-refractivity contribution in [2.24, 2.45) is 5.92 Å². The highest BCUT2D eigenvalue weighted by Gasteiger charge is 2.28. The Bertz CT molecular complexity index is 669. The molecular weight excluding hydrogens is 318 g/mol. The molecular formula is C16H23NO5S. The van der Waals surface area contributed by atoms with Crippen molar-refractivity contribution in [3.8, 4) is 11.5 Å². The molecule has 1 heterocycles. The van der Waals surface area contributed by atoms with Crippen LogP contribution in [0.1, 0.15) is 30.6 Å². The van der Waals surface area contributed by atoms with Crippen LogP contribution in [-0.4, -0.2) is 45.6 Å². The minimum atomic E-state index is -2.92. The third-order valence-electron chi connectivity index (χ3n) is 3.67. The molecule has 6 nitrogen and oxygen atoms in total. The van der Waals surface area contributed by atoms with Gasteiger partial charge in [-0.05, 0) is 44.4 Å². The van der Waals surface area contributed by atoms with E-state index in [0.29, 0.717) is 30.0 Å². The zero-order valence-electron chi connectivity index (χ0n) is 13.7. The van der Waals surface area contributed by atoms with Gasteiger partial charge in [0.2, 0.25) is 0 Å². The van der Waals surface area contributed by atoms with Gasteiger partial charge in [0, 0.05) is 12.1 Å². The molecule has 0 bridgehead atoms. The first kappa shape index (κ1) is 17.6. The Morgan fingerprint density at radius 2 is 2.09 bits per heavy atom. The molecule has 0 radical (unpaired) electrons. The van der Waals surface area contributed by atoms with Gasteiger partial charge in [0.25, 0.3) is 5.91 Å². The lowest BCUT2D eigenvalue weighted by atomic mass is 10.1. The van der Waals surface area contributed by atoms with E-state index in [0.717, 1.165) is 0 Å². The van der Waals surface area contributed by atoms with E-state index in [1.807, 2.05) is 13.8 Å². The van der Waals surface area contributed by atoms with E-state index >= 15 is 0 Å². The van der Waals surface area contributed by atoms with Gasteiger partial charge < -0.3 is 14.8 Å². The maximum absolute atomic E-state index is 12.2. The maximum Gasteiger partial charge on any atom is 0.251 e. The van der Waals surface area contributed by atoms with Crippen molar-refractivity contribution in [2.45, 2.75) is 26.4 Å². The maximum atomic E-state index is 12.2. The van der Waals surface area contributed by atoms with Gasteiger partial charge in [-0.3, -0.25) is 4.79 Å². The van der Waals surface area contributed by atoms with Crippen LogP contribution in [0.3, 0.4) is 0 Å².